The summed E-state index contributed by atoms with van der Waals surface area (Å²) in [5, 5.41) is 12.3. The molecule has 1 N–H and O–H groups in total. The molecule has 1 fully saturated rings. The normalized spacial score (nSPS) is 15.7. The summed E-state index contributed by atoms with van der Waals surface area (Å²) in [6.45, 7) is 4.16. The number of fused-ring (bicyclic) bond motifs is 1. The molecule has 1 amide bonds. The maximum absolute atomic E-state index is 12.6. The molecule has 9 heteroatoms. The van der Waals surface area contributed by atoms with Gasteiger partial charge in [-0.2, -0.15) is 5.26 Å². The van der Waals surface area contributed by atoms with Crippen LogP contribution in [0.1, 0.15) is 5.56 Å². The molecule has 0 unspecified atom stereocenters. The molecule has 9 nitrogen and oxygen atoms in total. The van der Waals surface area contributed by atoms with Gasteiger partial charge in [0.2, 0.25) is 6.79 Å². The number of methoxy groups -OCH3 is 2. The molecule has 2 aliphatic heterocycles. The Bertz CT molecular complexity index is 1090. The number of rotatable bonds is 7. The molecule has 0 atom stereocenters. The number of amides is 1. The van der Waals surface area contributed by atoms with Crippen LogP contribution in [0, 0.1) is 11.3 Å². The standard InChI is InChI=1S/C24H26N4O5/c1-30-20-6-4-19(12-22(20)31-2)26-24(29)18(13-25)15-28-9-7-27(8-10-28)14-17-3-5-21-23(11-17)33-16-32-21/h3-6,11-12,15H,7-10,14,16H2,1-2H3,(H,26,29)/b18-15-. The Hall–Kier alpha value is -3.90. The lowest BCUT2D eigenvalue weighted by Gasteiger charge is -2.34. The number of carbonyl (C=O) groups is 1. The molecule has 2 aromatic carbocycles. The van der Waals surface area contributed by atoms with Crippen molar-refractivity contribution in [3.05, 3.63) is 53.7 Å². The van der Waals surface area contributed by atoms with Gasteiger partial charge >= 0.3 is 0 Å². The third kappa shape index (κ3) is 5.30. The zero-order chi connectivity index (χ0) is 23.2. The van der Waals surface area contributed by atoms with Crippen LogP contribution in [0.15, 0.2) is 48.2 Å². The van der Waals surface area contributed by atoms with Gasteiger partial charge in [0.15, 0.2) is 23.0 Å². The first-order valence-electron chi connectivity index (χ1n) is 10.6. The topological polar surface area (TPSA) is 96.3 Å². The molecule has 33 heavy (non-hydrogen) atoms. The summed E-state index contributed by atoms with van der Waals surface area (Å²) in [6, 6.07) is 13.1. The minimum absolute atomic E-state index is 0.0500. The van der Waals surface area contributed by atoms with Crippen LogP contribution in [-0.2, 0) is 11.3 Å². The van der Waals surface area contributed by atoms with Gasteiger partial charge in [0.1, 0.15) is 11.6 Å². The summed E-state index contributed by atoms with van der Waals surface area (Å²) in [5.41, 5.74) is 1.73. The average Bonchev–Trinajstić information content (AvgIpc) is 3.31. The highest BCUT2D eigenvalue weighted by atomic mass is 16.7. The molecule has 0 bridgehead atoms. The highest BCUT2D eigenvalue weighted by Crippen LogP contribution is 2.33. The Balaban J connectivity index is 1.32. The number of nitrogens with zero attached hydrogens (tertiary/aromatic N) is 3. The quantitative estimate of drug-likeness (QED) is 0.508. The van der Waals surface area contributed by atoms with Gasteiger partial charge in [-0.1, -0.05) is 6.07 Å². The number of hydrogen-bond donors (Lipinski definition) is 1. The van der Waals surface area contributed by atoms with Gasteiger partial charge in [-0.3, -0.25) is 9.69 Å². The van der Waals surface area contributed by atoms with E-state index in [-0.39, 0.29) is 12.4 Å². The van der Waals surface area contributed by atoms with E-state index in [9.17, 15) is 10.1 Å². The molecule has 2 aliphatic rings. The van der Waals surface area contributed by atoms with Crippen molar-refractivity contribution in [2.75, 3.05) is 52.5 Å². The van der Waals surface area contributed by atoms with E-state index in [1.165, 1.54) is 7.11 Å². The number of benzene rings is 2. The zero-order valence-corrected chi connectivity index (χ0v) is 18.7. The van der Waals surface area contributed by atoms with E-state index < -0.39 is 5.91 Å². The fourth-order valence-electron chi connectivity index (χ4n) is 3.78. The minimum atomic E-state index is -0.465. The number of nitrogens with one attached hydrogen (secondary N) is 1. The van der Waals surface area contributed by atoms with Crippen molar-refractivity contribution >= 4 is 11.6 Å². The van der Waals surface area contributed by atoms with Gasteiger partial charge in [0.25, 0.3) is 5.91 Å². The number of hydrogen-bond acceptors (Lipinski definition) is 8. The molecular formula is C24H26N4O5. The Morgan fingerprint density at radius 1 is 1.06 bits per heavy atom. The molecule has 2 heterocycles. The van der Waals surface area contributed by atoms with Crippen LogP contribution in [0.3, 0.4) is 0 Å². The number of carbonyl (C=O) groups excluding carboxylic acids is 1. The highest BCUT2D eigenvalue weighted by Gasteiger charge is 2.19. The van der Waals surface area contributed by atoms with Crippen molar-refractivity contribution in [3.8, 4) is 29.1 Å². The summed E-state index contributed by atoms with van der Waals surface area (Å²) in [7, 11) is 3.07. The molecule has 172 valence electrons. The number of anilines is 1. The predicted octanol–water partition coefficient (Wildman–Crippen LogP) is 2.60. The van der Waals surface area contributed by atoms with Crippen LogP contribution < -0.4 is 24.3 Å². The predicted molar refractivity (Wildman–Crippen MR) is 121 cm³/mol. The SMILES string of the molecule is COc1ccc(NC(=O)/C(C#N)=C\N2CCN(Cc3ccc4c(c3)OCO4)CC2)cc1OC. The molecule has 0 radical (unpaired) electrons. The molecule has 2 aromatic rings. The smallest absolute Gasteiger partial charge is 0.267 e. The second-order valence-electron chi connectivity index (χ2n) is 7.68. The Morgan fingerprint density at radius 3 is 2.55 bits per heavy atom. The van der Waals surface area contributed by atoms with Gasteiger partial charge in [-0.25, -0.2) is 0 Å². The van der Waals surface area contributed by atoms with E-state index in [4.69, 9.17) is 18.9 Å². The van der Waals surface area contributed by atoms with Crippen LogP contribution in [0.4, 0.5) is 5.69 Å². The summed E-state index contributed by atoms with van der Waals surface area (Å²) in [5.74, 6) is 2.16. The number of piperazine rings is 1. The van der Waals surface area contributed by atoms with Gasteiger partial charge in [0, 0.05) is 50.7 Å². The zero-order valence-electron chi connectivity index (χ0n) is 18.7. The highest BCUT2D eigenvalue weighted by molar-refractivity contribution is 6.06. The second kappa shape index (κ2) is 10.1. The van der Waals surface area contributed by atoms with Crippen LogP contribution in [0.25, 0.3) is 0 Å². The molecule has 4 rings (SSSR count). The molecule has 0 aromatic heterocycles. The molecule has 0 spiro atoms. The Morgan fingerprint density at radius 2 is 1.82 bits per heavy atom. The molecular weight excluding hydrogens is 424 g/mol. The fourth-order valence-corrected chi connectivity index (χ4v) is 3.78. The van der Waals surface area contributed by atoms with Gasteiger partial charge < -0.3 is 29.2 Å². The van der Waals surface area contributed by atoms with Crippen LogP contribution in [0.2, 0.25) is 0 Å². The van der Waals surface area contributed by atoms with E-state index in [1.807, 2.05) is 29.2 Å². The maximum Gasteiger partial charge on any atom is 0.267 e. The van der Waals surface area contributed by atoms with E-state index >= 15 is 0 Å². The van der Waals surface area contributed by atoms with Crippen LogP contribution in [0.5, 0.6) is 23.0 Å². The Kier molecular flexibility index (Phi) is 6.86. The van der Waals surface area contributed by atoms with Crippen LogP contribution >= 0.6 is 0 Å². The lowest BCUT2D eigenvalue weighted by atomic mass is 10.1. The van der Waals surface area contributed by atoms with Crippen molar-refractivity contribution in [3.63, 3.8) is 0 Å². The van der Waals surface area contributed by atoms with E-state index in [0.717, 1.165) is 49.8 Å². The monoisotopic (exact) mass is 450 g/mol. The third-order valence-corrected chi connectivity index (χ3v) is 5.57. The summed E-state index contributed by atoms with van der Waals surface area (Å²) < 4.78 is 21.3. The first-order chi connectivity index (χ1) is 16.1. The molecule has 1 saturated heterocycles. The van der Waals surface area contributed by atoms with E-state index in [2.05, 4.69) is 10.2 Å². The lowest BCUT2D eigenvalue weighted by Crippen LogP contribution is -2.43. The molecule has 0 saturated carbocycles. The van der Waals surface area contributed by atoms with Gasteiger partial charge in [-0.15, -0.1) is 0 Å². The van der Waals surface area contributed by atoms with Crippen LogP contribution in [-0.4, -0.2) is 62.9 Å². The summed E-state index contributed by atoms with van der Waals surface area (Å²) in [6.07, 6.45) is 1.63. The largest absolute Gasteiger partial charge is 0.493 e. The van der Waals surface area contributed by atoms with Gasteiger partial charge in [-0.05, 0) is 29.8 Å². The first-order valence-corrected chi connectivity index (χ1v) is 10.6. The third-order valence-electron chi connectivity index (χ3n) is 5.57. The summed E-state index contributed by atoms with van der Waals surface area (Å²) in [4.78, 5) is 17.0. The van der Waals surface area contributed by atoms with Crippen molar-refractivity contribution < 1.29 is 23.7 Å². The van der Waals surface area contributed by atoms with Crippen molar-refractivity contribution in [1.29, 1.82) is 5.26 Å². The van der Waals surface area contributed by atoms with Crippen molar-refractivity contribution in [1.82, 2.24) is 9.80 Å². The number of ether oxygens (including phenoxy) is 4. The lowest BCUT2D eigenvalue weighted by molar-refractivity contribution is -0.112. The van der Waals surface area contributed by atoms with Crippen molar-refractivity contribution in [2.45, 2.75) is 6.54 Å². The average molecular weight is 450 g/mol. The number of nitriles is 1. The van der Waals surface area contributed by atoms with Crippen molar-refractivity contribution in [2.24, 2.45) is 0 Å². The Labute approximate surface area is 192 Å². The second-order valence-corrected chi connectivity index (χ2v) is 7.68. The van der Waals surface area contributed by atoms with E-state index in [1.54, 1.807) is 31.5 Å². The van der Waals surface area contributed by atoms with E-state index in [0.29, 0.717) is 17.2 Å². The first kappa shape index (κ1) is 22.3. The van der Waals surface area contributed by atoms with Gasteiger partial charge in [0.05, 0.1) is 14.2 Å². The summed E-state index contributed by atoms with van der Waals surface area (Å²) >= 11 is 0. The minimum Gasteiger partial charge on any atom is -0.493 e. The molecule has 0 aliphatic carbocycles. The maximum atomic E-state index is 12.6. The fraction of sp³-hybridized carbons (Fsp3) is 0.333.